The molecule has 0 bridgehead atoms. The first kappa shape index (κ1) is 8.73. The van der Waals surface area contributed by atoms with Gasteiger partial charge in [0.1, 0.15) is 0 Å². The summed E-state index contributed by atoms with van der Waals surface area (Å²) in [6, 6.07) is 0. The van der Waals surface area contributed by atoms with Gasteiger partial charge in [-0.1, -0.05) is 13.3 Å². The van der Waals surface area contributed by atoms with Crippen LogP contribution in [0.5, 0.6) is 0 Å². The number of carbonyl (C=O) groups is 2. The number of esters is 2. The molecule has 13 heavy (non-hydrogen) atoms. The lowest BCUT2D eigenvalue weighted by Crippen LogP contribution is -2.22. The molecule has 0 amide bonds. The van der Waals surface area contributed by atoms with Crippen LogP contribution in [-0.4, -0.2) is 11.9 Å². The molecular formula is C10H14O3. The topological polar surface area (TPSA) is 43.4 Å². The molecular weight excluding hydrogens is 168 g/mol. The predicted molar refractivity (Wildman–Crippen MR) is 45.8 cm³/mol. The van der Waals surface area contributed by atoms with Gasteiger partial charge < -0.3 is 4.74 Å². The van der Waals surface area contributed by atoms with E-state index in [0.717, 1.165) is 25.7 Å². The van der Waals surface area contributed by atoms with Crippen molar-refractivity contribution in [1.29, 1.82) is 0 Å². The molecule has 2 rings (SSSR count). The number of cyclic esters (lactones) is 2. The van der Waals surface area contributed by atoms with E-state index in [9.17, 15) is 9.59 Å². The van der Waals surface area contributed by atoms with Crippen molar-refractivity contribution in [2.45, 2.75) is 39.0 Å². The molecule has 2 aliphatic rings. The van der Waals surface area contributed by atoms with Gasteiger partial charge in [-0.15, -0.1) is 0 Å². The van der Waals surface area contributed by atoms with Gasteiger partial charge in [0.2, 0.25) is 0 Å². The third-order valence-electron chi connectivity index (χ3n) is 3.41. The van der Waals surface area contributed by atoms with Crippen molar-refractivity contribution in [3.63, 3.8) is 0 Å². The van der Waals surface area contributed by atoms with Gasteiger partial charge >= 0.3 is 11.9 Å². The van der Waals surface area contributed by atoms with Crippen molar-refractivity contribution in [1.82, 2.24) is 0 Å². The minimum Gasteiger partial charge on any atom is -0.393 e. The van der Waals surface area contributed by atoms with Crippen molar-refractivity contribution in [2.75, 3.05) is 0 Å². The first-order valence-electron chi connectivity index (χ1n) is 4.91. The fourth-order valence-electron chi connectivity index (χ4n) is 2.53. The lowest BCUT2D eigenvalue weighted by Gasteiger charge is -2.15. The molecule has 2 atom stereocenters. The Morgan fingerprint density at radius 3 is 2.77 bits per heavy atom. The SMILES string of the molecule is CCC1CCC2(CC(=O)OC2=O)C1. The van der Waals surface area contributed by atoms with Crippen LogP contribution in [0.15, 0.2) is 0 Å². The van der Waals surface area contributed by atoms with E-state index in [1.807, 2.05) is 0 Å². The Bertz CT molecular complexity index is 259. The van der Waals surface area contributed by atoms with E-state index in [2.05, 4.69) is 11.7 Å². The standard InChI is InChI=1S/C10H14O3/c1-2-7-3-4-10(5-7)6-8(11)13-9(10)12/h7H,2-6H2,1H3. The predicted octanol–water partition coefficient (Wildman–Crippen LogP) is 1.66. The molecule has 2 unspecified atom stereocenters. The normalized spacial score (nSPS) is 38.7. The zero-order valence-corrected chi connectivity index (χ0v) is 7.84. The van der Waals surface area contributed by atoms with Gasteiger partial charge in [-0.2, -0.15) is 0 Å². The Morgan fingerprint density at radius 1 is 1.54 bits per heavy atom. The summed E-state index contributed by atoms with van der Waals surface area (Å²) in [6.07, 6.45) is 4.19. The number of carbonyl (C=O) groups excluding carboxylic acids is 2. The maximum atomic E-state index is 11.4. The van der Waals surface area contributed by atoms with Crippen molar-refractivity contribution >= 4 is 11.9 Å². The van der Waals surface area contributed by atoms with Crippen LogP contribution in [0.4, 0.5) is 0 Å². The smallest absolute Gasteiger partial charge is 0.320 e. The van der Waals surface area contributed by atoms with Gasteiger partial charge in [0, 0.05) is 0 Å². The van der Waals surface area contributed by atoms with Crippen LogP contribution in [0, 0.1) is 11.3 Å². The van der Waals surface area contributed by atoms with Gasteiger partial charge in [0.05, 0.1) is 11.8 Å². The average molecular weight is 182 g/mol. The van der Waals surface area contributed by atoms with E-state index < -0.39 is 5.41 Å². The maximum absolute atomic E-state index is 11.4. The Hall–Kier alpha value is -0.860. The summed E-state index contributed by atoms with van der Waals surface area (Å²) < 4.78 is 4.61. The summed E-state index contributed by atoms with van der Waals surface area (Å²) in [4.78, 5) is 22.4. The monoisotopic (exact) mass is 182 g/mol. The lowest BCUT2D eigenvalue weighted by atomic mass is 9.83. The van der Waals surface area contributed by atoms with E-state index >= 15 is 0 Å². The first-order valence-corrected chi connectivity index (χ1v) is 4.91. The molecule has 3 nitrogen and oxygen atoms in total. The molecule has 1 aliphatic heterocycles. The molecule has 1 spiro atoms. The van der Waals surface area contributed by atoms with Crippen molar-refractivity contribution in [3.8, 4) is 0 Å². The fourth-order valence-corrected chi connectivity index (χ4v) is 2.53. The summed E-state index contributed by atoms with van der Waals surface area (Å²) in [6.45, 7) is 2.13. The Balaban J connectivity index is 2.14. The van der Waals surface area contributed by atoms with Gasteiger partial charge in [0.25, 0.3) is 0 Å². The molecule has 0 aromatic rings. The third kappa shape index (κ3) is 1.26. The molecule has 72 valence electrons. The molecule has 2 fully saturated rings. The van der Waals surface area contributed by atoms with E-state index in [1.54, 1.807) is 0 Å². The van der Waals surface area contributed by atoms with Crippen LogP contribution in [-0.2, 0) is 14.3 Å². The van der Waals surface area contributed by atoms with Crippen LogP contribution >= 0.6 is 0 Å². The molecule has 0 radical (unpaired) electrons. The number of rotatable bonds is 1. The highest BCUT2D eigenvalue weighted by Crippen LogP contribution is 2.49. The van der Waals surface area contributed by atoms with Crippen molar-refractivity contribution in [3.05, 3.63) is 0 Å². The van der Waals surface area contributed by atoms with Crippen molar-refractivity contribution < 1.29 is 14.3 Å². The minimum atomic E-state index is -0.419. The lowest BCUT2D eigenvalue weighted by molar-refractivity contribution is -0.155. The van der Waals surface area contributed by atoms with Crippen LogP contribution in [0.1, 0.15) is 39.0 Å². The van der Waals surface area contributed by atoms with E-state index in [-0.39, 0.29) is 11.9 Å². The van der Waals surface area contributed by atoms with Gasteiger partial charge in [-0.3, -0.25) is 9.59 Å². The molecule has 0 aromatic carbocycles. The summed E-state index contributed by atoms with van der Waals surface area (Å²) in [5.74, 6) is 0.00801. The first-order chi connectivity index (χ1) is 6.16. The van der Waals surface area contributed by atoms with E-state index in [0.29, 0.717) is 12.3 Å². The zero-order valence-electron chi connectivity index (χ0n) is 7.84. The Labute approximate surface area is 77.4 Å². The summed E-state index contributed by atoms with van der Waals surface area (Å²) >= 11 is 0. The molecule has 0 aromatic heterocycles. The fraction of sp³-hybridized carbons (Fsp3) is 0.800. The molecule has 0 N–H and O–H groups in total. The molecule has 1 aliphatic carbocycles. The largest absolute Gasteiger partial charge is 0.393 e. The highest BCUT2D eigenvalue weighted by molar-refractivity contribution is 5.97. The molecule has 1 saturated carbocycles. The summed E-state index contributed by atoms with van der Waals surface area (Å²) in [7, 11) is 0. The summed E-state index contributed by atoms with van der Waals surface area (Å²) in [5, 5.41) is 0. The average Bonchev–Trinajstić information content (AvgIpc) is 2.59. The number of hydrogen-bond donors (Lipinski definition) is 0. The van der Waals surface area contributed by atoms with E-state index in [4.69, 9.17) is 0 Å². The highest BCUT2D eigenvalue weighted by atomic mass is 16.6. The van der Waals surface area contributed by atoms with Gasteiger partial charge in [0.15, 0.2) is 0 Å². The second-order valence-electron chi connectivity index (χ2n) is 4.24. The Morgan fingerprint density at radius 2 is 2.31 bits per heavy atom. The van der Waals surface area contributed by atoms with Crippen LogP contribution in [0.3, 0.4) is 0 Å². The highest BCUT2D eigenvalue weighted by Gasteiger charge is 2.52. The van der Waals surface area contributed by atoms with E-state index in [1.165, 1.54) is 0 Å². The number of ether oxygens (including phenoxy) is 1. The number of hydrogen-bond acceptors (Lipinski definition) is 3. The van der Waals surface area contributed by atoms with Gasteiger partial charge in [-0.05, 0) is 25.2 Å². The molecule has 1 heterocycles. The second-order valence-corrected chi connectivity index (χ2v) is 4.24. The van der Waals surface area contributed by atoms with Crippen LogP contribution in [0.25, 0.3) is 0 Å². The minimum absolute atomic E-state index is 0.270. The summed E-state index contributed by atoms with van der Waals surface area (Å²) in [5.41, 5.74) is -0.419. The maximum Gasteiger partial charge on any atom is 0.320 e. The van der Waals surface area contributed by atoms with Crippen LogP contribution in [0.2, 0.25) is 0 Å². The van der Waals surface area contributed by atoms with Crippen LogP contribution < -0.4 is 0 Å². The third-order valence-corrected chi connectivity index (χ3v) is 3.41. The Kier molecular flexibility index (Phi) is 1.90. The van der Waals surface area contributed by atoms with Crippen molar-refractivity contribution in [2.24, 2.45) is 11.3 Å². The van der Waals surface area contributed by atoms with Gasteiger partial charge in [-0.25, -0.2) is 0 Å². The molecule has 3 heteroatoms. The molecule has 1 saturated heterocycles. The quantitative estimate of drug-likeness (QED) is 0.457. The zero-order chi connectivity index (χ0) is 9.47. The second kappa shape index (κ2) is 2.82.